The van der Waals surface area contributed by atoms with Gasteiger partial charge in [-0.15, -0.1) is 5.26 Å². The third-order valence-electron chi connectivity index (χ3n) is 3.11. The number of piperidine rings is 3. The van der Waals surface area contributed by atoms with Gasteiger partial charge in [-0.25, -0.2) is 4.48 Å². The van der Waals surface area contributed by atoms with Crippen LogP contribution in [0.4, 0.5) is 0 Å². The van der Waals surface area contributed by atoms with Gasteiger partial charge in [-0.3, -0.25) is 0 Å². The molecule has 2 heteroatoms. The van der Waals surface area contributed by atoms with E-state index in [2.05, 4.69) is 6.19 Å². The second-order valence-electron chi connectivity index (χ2n) is 3.65. The molecule has 2 nitrogen and oxygen atoms in total. The minimum Gasteiger partial charge on any atom is -0.224 e. The molecule has 0 atom stereocenters. The molecule has 0 aromatic heterocycles. The molecule has 0 N–H and O–H groups in total. The number of nitrogens with zero attached hydrogens (tertiary/aromatic N) is 2. The topological polar surface area (TPSA) is 23.8 Å². The molecule has 0 spiro atoms. The smallest absolute Gasteiger partial charge is 0.224 e. The average Bonchev–Trinajstić information content (AvgIpc) is 2.08. The van der Waals surface area contributed by atoms with Gasteiger partial charge in [0.05, 0.1) is 19.6 Å². The molecule has 0 radical (unpaired) electrons. The standard InChI is InChI=1S/C8H13N2/c9-7-10-4-1-8(2-5-10)3-6-10/h8H,1-6H2/q+1. The van der Waals surface area contributed by atoms with Gasteiger partial charge in [0.15, 0.2) is 0 Å². The molecule has 0 amide bonds. The third-order valence-corrected chi connectivity index (χ3v) is 3.11. The second kappa shape index (κ2) is 1.96. The molecule has 3 aliphatic heterocycles. The van der Waals surface area contributed by atoms with Gasteiger partial charge >= 0.3 is 6.19 Å². The van der Waals surface area contributed by atoms with Gasteiger partial charge in [0.25, 0.3) is 0 Å². The quantitative estimate of drug-likeness (QED) is 0.362. The Hall–Kier alpha value is -0.550. The monoisotopic (exact) mass is 137 g/mol. The number of nitriles is 1. The van der Waals surface area contributed by atoms with Crippen LogP contribution in [0.3, 0.4) is 0 Å². The predicted octanol–water partition coefficient (Wildman–Crippen LogP) is 1.10. The maximum absolute atomic E-state index is 8.89. The van der Waals surface area contributed by atoms with Crippen molar-refractivity contribution in [1.29, 1.82) is 5.26 Å². The van der Waals surface area contributed by atoms with E-state index in [0.717, 1.165) is 30.0 Å². The van der Waals surface area contributed by atoms with Crippen LogP contribution in [0.15, 0.2) is 0 Å². The lowest BCUT2D eigenvalue weighted by molar-refractivity contribution is -0.882. The molecule has 2 bridgehead atoms. The highest BCUT2D eigenvalue weighted by Crippen LogP contribution is 2.32. The van der Waals surface area contributed by atoms with Crippen molar-refractivity contribution in [2.45, 2.75) is 19.3 Å². The summed E-state index contributed by atoms with van der Waals surface area (Å²) in [7, 11) is 0. The van der Waals surface area contributed by atoms with Crippen molar-refractivity contribution in [3.63, 3.8) is 0 Å². The summed E-state index contributed by atoms with van der Waals surface area (Å²) >= 11 is 0. The molecule has 0 aromatic rings. The van der Waals surface area contributed by atoms with Crippen molar-refractivity contribution in [1.82, 2.24) is 0 Å². The number of rotatable bonds is 0. The Balaban J connectivity index is 2.17. The van der Waals surface area contributed by atoms with Crippen molar-refractivity contribution in [3.8, 4) is 6.19 Å². The molecule has 54 valence electrons. The van der Waals surface area contributed by atoms with E-state index < -0.39 is 0 Å². The normalized spacial score (nSPS) is 44.9. The highest BCUT2D eigenvalue weighted by Gasteiger charge is 2.40. The maximum atomic E-state index is 8.89. The SMILES string of the molecule is N#C[N+]12CCC(CC1)CC2. The molecule has 3 aliphatic rings. The minimum absolute atomic E-state index is 0.760. The van der Waals surface area contributed by atoms with E-state index in [1.54, 1.807) is 0 Å². The summed E-state index contributed by atoms with van der Waals surface area (Å²) in [4.78, 5) is 0. The number of quaternary nitrogens is 1. The van der Waals surface area contributed by atoms with Crippen LogP contribution in [0, 0.1) is 17.4 Å². The summed E-state index contributed by atoms with van der Waals surface area (Å²) in [5.41, 5.74) is 0. The van der Waals surface area contributed by atoms with Gasteiger partial charge in [-0.1, -0.05) is 0 Å². The van der Waals surface area contributed by atoms with Gasteiger partial charge in [-0.05, 0) is 5.92 Å². The van der Waals surface area contributed by atoms with Crippen LogP contribution in [0.25, 0.3) is 0 Å². The molecule has 0 aliphatic carbocycles. The van der Waals surface area contributed by atoms with Gasteiger partial charge in [-0.2, -0.15) is 0 Å². The molecule has 0 aromatic carbocycles. The largest absolute Gasteiger partial charge is 0.308 e. The first-order chi connectivity index (χ1) is 4.85. The molecule has 10 heavy (non-hydrogen) atoms. The lowest BCUT2D eigenvalue weighted by atomic mass is 9.86. The van der Waals surface area contributed by atoms with E-state index in [0.29, 0.717) is 0 Å². The minimum atomic E-state index is 0.760. The molecular weight excluding hydrogens is 124 g/mol. The van der Waals surface area contributed by atoms with Gasteiger partial charge < -0.3 is 0 Å². The first-order valence-corrected chi connectivity index (χ1v) is 4.12. The van der Waals surface area contributed by atoms with Crippen molar-refractivity contribution in [2.24, 2.45) is 5.92 Å². The van der Waals surface area contributed by atoms with Crippen LogP contribution in [0.5, 0.6) is 0 Å². The molecular formula is C8H13N2+. The van der Waals surface area contributed by atoms with E-state index in [1.165, 1.54) is 19.3 Å². The summed E-state index contributed by atoms with van der Waals surface area (Å²) in [5, 5.41) is 8.89. The van der Waals surface area contributed by atoms with E-state index in [-0.39, 0.29) is 0 Å². The zero-order valence-electron chi connectivity index (χ0n) is 6.21. The third kappa shape index (κ3) is 0.741. The number of hydrogen-bond acceptors (Lipinski definition) is 1. The number of hydrogen-bond donors (Lipinski definition) is 0. The van der Waals surface area contributed by atoms with E-state index in [4.69, 9.17) is 5.26 Å². The fourth-order valence-electron chi connectivity index (χ4n) is 2.21. The summed E-state index contributed by atoms with van der Waals surface area (Å²) < 4.78 is 0.760. The first kappa shape index (κ1) is 6.18. The van der Waals surface area contributed by atoms with Crippen LogP contribution in [0.2, 0.25) is 0 Å². The number of fused-ring (bicyclic) bond motifs is 3. The second-order valence-corrected chi connectivity index (χ2v) is 3.65. The summed E-state index contributed by atoms with van der Waals surface area (Å²) in [6.45, 7) is 3.38. The zero-order valence-corrected chi connectivity index (χ0v) is 6.21. The van der Waals surface area contributed by atoms with Crippen LogP contribution in [0.1, 0.15) is 19.3 Å². The fourth-order valence-corrected chi connectivity index (χ4v) is 2.21. The van der Waals surface area contributed by atoms with Gasteiger partial charge in [0.2, 0.25) is 0 Å². The lowest BCUT2D eigenvalue weighted by Crippen LogP contribution is -2.54. The molecule has 0 saturated carbocycles. The van der Waals surface area contributed by atoms with Crippen LogP contribution in [-0.2, 0) is 0 Å². The van der Waals surface area contributed by atoms with Crippen LogP contribution >= 0.6 is 0 Å². The fraction of sp³-hybridized carbons (Fsp3) is 0.875. The van der Waals surface area contributed by atoms with Crippen LogP contribution in [-0.4, -0.2) is 24.1 Å². The molecule has 3 fully saturated rings. The highest BCUT2D eigenvalue weighted by atomic mass is 15.4. The zero-order chi connectivity index (χ0) is 7.03. The van der Waals surface area contributed by atoms with Crippen molar-refractivity contribution >= 4 is 0 Å². The Morgan fingerprint density at radius 3 is 1.90 bits per heavy atom. The first-order valence-electron chi connectivity index (χ1n) is 4.12. The van der Waals surface area contributed by atoms with Crippen molar-refractivity contribution in [3.05, 3.63) is 0 Å². The highest BCUT2D eigenvalue weighted by molar-refractivity contribution is 4.76. The van der Waals surface area contributed by atoms with E-state index >= 15 is 0 Å². The Bertz CT molecular complexity index is 158. The average molecular weight is 137 g/mol. The Morgan fingerprint density at radius 1 is 1.10 bits per heavy atom. The van der Waals surface area contributed by atoms with Gasteiger partial charge in [0.1, 0.15) is 0 Å². The Morgan fingerprint density at radius 2 is 1.60 bits per heavy atom. The van der Waals surface area contributed by atoms with E-state index in [1.807, 2.05) is 0 Å². The van der Waals surface area contributed by atoms with Gasteiger partial charge in [0, 0.05) is 19.3 Å². The predicted molar refractivity (Wildman–Crippen MR) is 37.8 cm³/mol. The summed E-state index contributed by atoms with van der Waals surface area (Å²) in [5.74, 6) is 0.966. The van der Waals surface area contributed by atoms with Crippen molar-refractivity contribution < 1.29 is 4.48 Å². The van der Waals surface area contributed by atoms with E-state index in [9.17, 15) is 0 Å². The van der Waals surface area contributed by atoms with Crippen LogP contribution < -0.4 is 0 Å². The maximum Gasteiger partial charge on any atom is 0.308 e. The summed E-state index contributed by atoms with van der Waals surface area (Å²) in [6, 6.07) is 0. The molecule has 0 unspecified atom stereocenters. The molecule has 3 saturated heterocycles. The molecule has 3 rings (SSSR count). The Labute approximate surface area is 61.6 Å². The Kier molecular flexibility index (Phi) is 1.21. The lowest BCUT2D eigenvalue weighted by Gasteiger charge is -2.42. The summed E-state index contributed by atoms with van der Waals surface area (Å²) in [6.07, 6.45) is 6.34. The van der Waals surface area contributed by atoms with Crippen molar-refractivity contribution in [2.75, 3.05) is 19.6 Å². The molecule has 3 heterocycles.